The normalized spacial score (nSPS) is 19.8. The highest BCUT2D eigenvalue weighted by Crippen LogP contribution is 2.44. The molecule has 0 fully saturated rings. The molecule has 1 aliphatic carbocycles. The molecule has 0 spiro atoms. The summed E-state index contributed by atoms with van der Waals surface area (Å²) in [5.41, 5.74) is 3.33. The third-order valence-corrected chi connectivity index (χ3v) is 5.36. The van der Waals surface area contributed by atoms with Crippen LogP contribution in [0.1, 0.15) is 40.1 Å². The van der Waals surface area contributed by atoms with E-state index in [-0.39, 0.29) is 5.92 Å². The van der Waals surface area contributed by atoms with Crippen LogP contribution in [0.15, 0.2) is 23.7 Å². The van der Waals surface area contributed by atoms with Crippen molar-refractivity contribution >= 4 is 22.9 Å². The van der Waals surface area contributed by atoms with Crippen LogP contribution >= 0.6 is 22.9 Å². The Hall–Kier alpha value is -0.900. The van der Waals surface area contributed by atoms with Gasteiger partial charge < -0.3 is 5.11 Å². The lowest BCUT2D eigenvalue weighted by molar-refractivity contribution is 0.147. The van der Waals surface area contributed by atoms with Crippen LogP contribution in [-0.2, 0) is 6.42 Å². The Morgan fingerprint density at radius 2 is 2.39 bits per heavy atom. The van der Waals surface area contributed by atoms with Gasteiger partial charge in [-0.05, 0) is 42.3 Å². The number of fused-ring (bicyclic) bond motifs is 1. The van der Waals surface area contributed by atoms with Gasteiger partial charge in [0.15, 0.2) is 0 Å². The third-order valence-electron chi connectivity index (χ3n) is 3.58. The van der Waals surface area contributed by atoms with Crippen molar-refractivity contribution in [3.8, 4) is 0 Å². The van der Waals surface area contributed by atoms with Gasteiger partial charge in [0.05, 0.1) is 16.0 Å². The summed E-state index contributed by atoms with van der Waals surface area (Å²) in [5.74, 6) is 0.0803. The molecule has 2 atom stereocenters. The number of thiophene rings is 1. The molecule has 0 bridgehead atoms. The molecule has 0 aliphatic heterocycles. The molecule has 3 rings (SSSR count). The van der Waals surface area contributed by atoms with Gasteiger partial charge in [0.1, 0.15) is 0 Å². The smallest absolute Gasteiger partial charge is 0.0980 e. The lowest BCUT2D eigenvalue weighted by Crippen LogP contribution is -2.08. The minimum atomic E-state index is -0.535. The molecule has 2 heterocycles. The Bertz CT molecular complexity index is 581. The molecule has 0 amide bonds. The van der Waals surface area contributed by atoms with Gasteiger partial charge in [0.2, 0.25) is 0 Å². The fourth-order valence-electron chi connectivity index (χ4n) is 2.58. The Morgan fingerprint density at radius 1 is 1.56 bits per heavy atom. The Kier molecular flexibility index (Phi) is 3.14. The van der Waals surface area contributed by atoms with E-state index in [1.807, 2.05) is 18.4 Å². The predicted octanol–water partition coefficient (Wildman–Crippen LogP) is 3.87. The van der Waals surface area contributed by atoms with Gasteiger partial charge in [-0.3, -0.25) is 4.98 Å². The van der Waals surface area contributed by atoms with E-state index in [9.17, 15) is 5.11 Å². The molecular formula is C14H14ClNOS. The van der Waals surface area contributed by atoms with Gasteiger partial charge in [0, 0.05) is 17.8 Å². The van der Waals surface area contributed by atoms with Crippen LogP contribution in [0.2, 0.25) is 5.02 Å². The number of rotatable bonds is 2. The van der Waals surface area contributed by atoms with E-state index in [4.69, 9.17) is 11.6 Å². The van der Waals surface area contributed by atoms with Gasteiger partial charge >= 0.3 is 0 Å². The van der Waals surface area contributed by atoms with Gasteiger partial charge in [-0.2, -0.15) is 0 Å². The van der Waals surface area contributed by atoms with Crippen molar-refractivity contribution in [3.63, 3.8) is 0 Å². The molecule has 1 aliphatic rings. The number of nitrogens with zero attached hydrogens (tertiary/aromatic N) is 1. The third kappa shape index (κ3) is 1.87. The molecule has 2 aromatic heterocycles. The van der Waals surface area contributed by atoms with Gasteiger partial charge in [-0.1, -0.05) is 17.7 Å². The first-order chi connectivity index (χ1) is 8.68. The van der Waals surface area contributed by atoms with Crippen LogP contribution in [0.4, 0.5) is 0 Å². The zero-order valence-electron chi connectivity index (χ0n) is 10.1. The van der Waals surface area contributed by atoms with Gasteiger partial charge in [0.25, 0.3) is 0 Å². The van der Waals surface area contributed by atoms with E-state index in [1.165, 1.54) is 16.9 Å². The van der Waals surface area contributed by atoms with Crippen LogP contribution in [0, 0.1) is 6.92 Å². The highest BCUT2D eigenvalue weighted by Gasteiger charge is 2.32. The maximum atomic E-state index is 10.5. The summed E-state index contributed by atoms with van der Waals surface area (Å²) >= 11 is 7.78. The van der Waals surface area contributed by atoms with Crippen molar-refractivity contribution < 1.29 is 5.11 Å². The molecule has 0 radical (unpaired) electrons. The SMILES string of the molecule is Cc1csc(C(O)C2CCc3cccnc32)c1Cl. The number of aliphatic hydroxyl groups excluding tert-OH is 1. The molecule has 2 aromatic rings. The Labute approximate surface area is 115 Å². The average Bonchev–Trinajstić information content (AvgIpc) is 2.94. The first-order valence-electron chi connectivity index (χ1n) is 6.04. The second kappa shape index (κ2) is 4.65. The van der Waals surface area contributed by atoms with E-state index in [2.05, 4.69) is 11.1 Å². The Balaban J connectivity index is 1.95. The molecule has 1 N–H and O–H groups in total. The van der Waals surface area contributed by atoms with Gasteiger partial charge in [-0.25, -0.2) is 0 Å². The topological polar surface area (TPSA) is 33.1 Å². The second-order valence-corrected chi connectivity index (χ2v) is 6.02. The van der Waals surface area contributed by atoms with Crippen molar-refractivity contribution in [1.29, 1.82) is 0 Å². The molecule has 2 nitrogen and oxygen atoms in total. The summed E-state index contributed by atoms with van der Waals surface area (Å²) < 4.78 is 0. The lowest BCUT2D eigenvalue weighted by atomic mass is 9.98. The second-order valence-electron chi connectivity index (χ2n) is 4.73. The van der Waals surface area contributed by atoms with Crippen LogP contribution in [0.3, 0.4) is 0 Å². The summed E-state index contributed by atoms with van der Waals surface area (Å²) in [7, 11) is 0. The van der Waals surface area contributed by atoms with E-state index in [0.29, 0.717) is 5.02 Å². The molecule has 94 valence electrons. The van der Waals surface area contributed by atoms with Crippen molar-refractivity contribution in [2.75, 3.05) is 0 Å². The highest BCUT2D eigenvalue weighted by molar-refractivity contribution is 7.10. The number of aryl methyl sites for hydroxylation is 2. The Morgan fingerprint density at radius 3 is 3.11 bits per heavy atom. The number of pyridine rings is 1. The predicted molar refractivity (Wildman–Crippen MR) is 74.3 cm³/mol. The van der Waals surface area contributed by atoms with Crippen LogP contribution in [-0.4, -0.2) is 10.1 Å². The maximum Gasteiger partial charge on any atom is 0.0980 e. The minimum Gasteiger partial charge on any atom is -0.387 e. The minimum absolute atomic E-state index is 0.0803. The first-order valence-corrected chi connectivity index (χ1v) is 7.29. The molecule has 18 heavy (non-hydrogen) atoms. The summed E-state index contributed by atoms with van der Waals surface area (Å²) in [6.45, 7) is 1.97. The molecule has 4 heteroatoms. The lowest BCUT2D eigenvalue weighted by Gasteiger charge is -2.17. The summed E-state index contributed by atoms with van der Waals surface area (Å²) in [6, 6.07) is 4.05. The van der Waals surface area contributed by atoms with Gasteiger partial charge in [-0.15, -0.1) is 11.3 Å². The largest absolute Gasteiger partial charge is 0.387 e. The maximum absolute atomic E-state index is 10.5. The molecule has 0 saturated heterocycles. The molecular weight excluding hydrogens is 266 g/mol. The fraction of sp³-hybridized carbons (Fsp3) is 0.357. The van der Waals surface area contributed by atoms with Crippen LogP contribution < -0.4 is 0 Å². The van der Waals surface area contributed by atoms with Crippen LogP contribution in [0.25, 0.3) is 0 Å². The number of halogens is 1. The number of hydrogen-bond acceptors (Lipinski definition) is 3. The van der Waals surface area contributed by atoms with Crippen molar-refractivity contribution in [3.05, 3.63) is 50.4 Å². The fourth-order valence-corrected chi connectivity index (χ4v) is 3.94. The van der Waals surface area contributed by atoms with Crippen molar-refractivity contribution in [2.24, 2.45) is 0 Å². The summed E-state index contributed by atoms with van der Waals surface area (Å²) in [6.07, 6.45) is 3.20. The van der Waals surface area contributed by atoms with Crippen molar-refractivity contribution in [1.82, 2.24) is 4.98 Å². The highest BCUT2D eigenvalue weighted by atomic mass is 35.5. The standard InChI is InChI=1S/C14H14ClNOS/c1-8-7-18-14(11(8)15)13(17)10-5-4-9-3-2-6-16-12(9)10/h2-3,6-7,10,13,17H,4-5H2,1H3. The zero-order valence-corrected chi connectivity index (χ0v) is 11.6. The van der Waals surface area contributed by atoms with E-state index < -0.39 is 6.10 Å². The monoisotopic (exact) mass is 279 g/mol. The molecule has 0 saturated carbocycles. The first kappa shape index (κ1) is 12.2. The number of aromatic nitrogens is 1. The number of hydrogen-bond donors (Lipinski definition) is 1. The average molecular weight is 280 g/mol. The number of aliphatic hydroxyl groups is 1. The van der Waals surface area contributed by atoms with Crippen LogP contribution in [0.5, 0.6) is 0 Å². The molecule has 0 aromatic carbocycles. The zero-order chi connectivity index (χ0) is 12.7. The summed E-state index contributed by atoms with van der Waals surface area (Å²) in [4.78, 5) is 5.30. The van der Waals surface area contributed by atoms with E-state index in [1.54, 1.807) is 6.20 Å². The van der Waals surface area contributed by atoms with Crippen molar-refractivity contribution in [2.45, 2.75) is 31.8 Å². The van der Waals surface area contributed by atoms with E-state index in [0.717, 1.165) is 29.0 Å². The van der Waals surface area contributed by atoms with E-state index >= 15 is 0 Å². The quantitative estimate of drug-likeness (QED) is 0.905. The molecule has 2 unspecified atom stereocenters. The summed E-state index contributed by atoms with van der Waals surface area (Å²) in [5, 5.41) is 13.2.